The van der Waals surface area contributed by atoms with Crippen LogP contribution in [0.1, 0.15) is 41.4 Å². The SMILES string of the molecule is O=C1COCC(=O)N1CC(=O)N1CCC[C@@H]1c1cccc(Cc2ccc(C(F)(F)F)cc2)n1. The van der Waals surface area contributed by atoms with Gasteiger partial charge in [-0.1, -0.05) is 18.2 Å². The van der Waals surface area contributed by atoms with Gasteiger partial charge in [0.25, 0.3) is 11.8 Å². The summed E-state index contributed by atoms with van der Waals surface area (Å²) in [7, 11) is 0. The van der Waals surface area contributed by atoms with Crippen molar-refractivity contribution >= 4 is 17.7 Å². The molecule has 0 aliphatic carbocycles. The number of pyridine rings is 1. The van der Waals surface area contributed by atoms with Gasteiger partial charge in [0.15, 0.2) is 0 Å². The Labute approximate surface area is 188 Å². The van der Waals surface area contributed by atoms with Gasteiger partial charge in [-0.05, 0) is 42.7 Å². The van der Waals surface area contributed by atoms with Gasteiger partial charge in [-0.3, -0.25) is 24.3 Å². The van der Waals surface area contributed by atoms with Crippen LogP contribution in [0.4, 0.5) is 13.2 Å². The Morgan fingerprint density at radius 2 is 1.76 bits per heavy atom. The molecule has 0 unspecified atom stereocenters. The lowest BCUT2D eigenvalue weighted by molar-refractivity contribution is -0.161. The highest BCUT2D eigenvalue weighted by molar-refractivity contribution is 6.01. The Morgan fingerprint density at radius 1 is 1.06 bits per heavy atom. The van der Waals surface area contributed by atoms with Crippen LogP contribution in [-0.4, -0.2) is 58.8 Å². The van der Waals surface area contributed by atoms with Crippen LogP contribution in [0.15, 0.2) is 42.5 Å². The van der Waals surface area contributed by atoms with E-state index in [9.17, 15) is 27.6 Å². The van der Waals surface area contributed by atoms with Gasteiger partial charge in [-0.2, -0.15) is 13.2 Å². The van der Waals surface area contributed by atoms with Crippen molar-refractivity contribution in [3.05, 3.63) is 65.0 Å². The van der Waals surface area contributed by atoms with E-state index < -0.39 is 23.6 Å². The first-order chi connectivity index (χ1) is 15.7. The zero-order valence-electron chi connectivity index (χ0n) is 17.7. The summed E-state index contributed by atoms with van der Waals surface area (Å²) >= 11 is 0. The molecule has 2 fully saturated rings. The Balaban J connectivity index is 1.46. The molecule has 0 saturated carbocycles. The minimum atomic E-state index is -4.38. The van der Waals surface area contributed by atoms with Crippen molar-refractivity contribution < 1.29 is 32.3 Å². The van der Waals surface area contributed by atoms with Gasteiger partial charge in [0, 0.05) is 18.7 Å². The average molecular weight is 461 g/mol. The number of amides is 3. The molecule has 0 N–H and O–H groups in total. The standard InChI is InChI=1S/C23H22F3N3O4/c24-23(25,26)16-8-6-15(7-9-16)11-17-3-1-4-18(27-17)19-5-2-10-28(19)20(30)12-29-21(31)13-33-14-22(29)32/h1,3-4,6-9,19H,2,5,10-14H2/t19-/m1/s1. The number of carbonyl (C=O) groups excluding carboxylic acids is 3. The maximum absolute atomic E-state index is 12.9. The highest BCUT2D eigenvalue weighted by Crippen LogP contribution is 2.32. The van der Waals surface area contributed by atoms with Gasteiger partial charge in [-0.25, -0.2) is 0 Å². The fraction of sp³-hybridized carbons (Fsp3) is 0.391. The number of nitrogens with zero attached hydrogens (tertiary/aromatic N) is 3. The summed E-state index contributed by atoms with van der Waals surface area (Å²) in [6.07, 6.45) is -2.59. The number of likely N-dealkylation sites (tertiary alicyclic amines) is 1. The summed E-state index contributed by atoms with van der Waals surface area (Å²) in [5.74, 6) is -1.41. The van der Waals surface area contributed by atoms with E-state index in [1.54, 1.807) is 23.1 Å². The van der Waals surface area contributed by atoms with Crippen molar-refractivity contribution in [1.82, 2.24) is 14.8 Å². The van der Waals surface area contributed by atoms with Crippen molar-refractivity contribution in [2.24, 2.45) is 0 Å². The molecule has 2 saturated heterocycles. The van der Waals surface area contributed by atoms with Crippen LogP contribution in [0.3, 0.4) is 0 Å². The summed E-state index contributed by atoms with van der Waals surface area (Å²) in [5.41, 5.74) is 1.33. The maximum atomic E-state index is 12.9. The number of hydrogen-bond donors (Lipinski definition) is 0. The third-order valence-electron chi connectivity index (χ3n) is 5.76. The molecule has 1 aromatic heterocycles. The molecule has 7 nitrogen and oxygen atoms in total. The van der Waals surface area contributed by atoms with Crippen LogP contribution in [0.5, 0.6) is 0 Å². The molecule has 2 aromatic rings. The van der Waals surface area contributed by atoms with Crippen LogP contribution in [-0.2, 0) is 31.7 Å². The van der Waals surface area contributed by atoms with E-state index in [-0.39, 0.29) is 31.7 Å². The van der Waals surface area contributed by atoms with Gasteiger partial charge in [0.1, 0.15) is 19.8 Å². The molecule has 10 heteroatoms. The molecule has 3 heterocycles. The first kappa shape index (κ1) is 22.9. The maximum Gasteiger partial charge on any atom is 0.416 e. The van der Waals surface area contributed by atoms with Gasteiger partial charge in [0.05, 0.1) is 17.3 Å². The quantitative estimate of drug-likeness (QED) is 0.640. The lowest BCUT2D eigenvalue weighted by atomic mass is 10.1. The van der Waals surface area contributed by atoms with Crippen molar-refractivity contribution in [3.8, 4) is 0 Å². The van der Waals surface area contributed by atoms with Gasteiger partial charge >= 0.3 is 6.18 Å². The Bertz CT molecular complexity index is 1040. The molecular formula is C23H22F3N3O4. The van der Waals surface area contributed by atoms with E-state index in [2.05, 4.69) is 4.98 Å². The molecule has 2 aliphatic rings. The number of rotatable bonds is 5. The lowest BCUT2D eigenvalue weighted by Crippen LogP contribution is -2.51. The van der Waals surface area contributed by atoms with Crippen molar-refractivity contribution in [1.29, 1.82) is 0 Å². The average Bonchev–Trinajstić information content (AvgIpc) is 3.26. The minimum absolute atomic E-state index is 0.226. The molecule has 3 amide bonds. The number of ether oxygens (including phenoxy) is 1. The number of imide groups is 1. The number of alkyl halides is 3. The normalized spacial score (nSPS) is 19.3. The summed E-state index contributed by atoms with van der Waals surface area (Å²) in [6.45, 7) is -0.296. The minimum Gasteiger partial charge on any atom is -0.362 e. The van der Waals surface area contributed by atoms with Crippen LogP contribution in [0.25, 0.3) is 0 Å². The van der Waals surface area contributed by atoms with E-state index in [4.69, 9.17) is 4.74 Å². The summed E-state index contributed by atoms with van der Waals surface area (Å²) < 4.78 is 43.2. The van der Waals surface area contributed by atoms with E-state index in [0.717, 1.165) is 23.5 Å². The molecule has 0 radical (unpaired) electrons. The Morgan fingerprint density at radius 3 is 2.42 bits per heavy atom. The van der Waals surface area contributed by atoms with Gasteiger partial charge < -0.3 is 9.64 Å². The number of halogens is 3. The first-order valence-corrected chi connectivity index (χ1v) is 10.5. The fourth-order valence-electron chi connectivity index (χ4n) is 4.10. The van der Waals surface area contributed by atoms with E-state index in [1.807, 2.05) is 0 Å². The van der Waals surface area contributed by atoms with Crippen LogP contribution in [0, 0.1) is 0 Å². The molecule has 4 rings (SSSR count). The molecule has 2 aliphatic heterocycles. The second kappa shape index (κ2) is 9.30. The Kier molecular flexibility index (Phi) is 6.46. The predicted octanol–water partition coefficient (Wildman–Crippen LogP) is 2.74. The zero-order valence-corrected chi connectivity index (χ0v) is 17.7. The Hall–Kier alpha value is -3.27. The molecule has 1 atom stereocenters. The van der Waals surface area contributed by atoms with Crippen molar-refractivity contribution in [2.45, 2.75) is 31.5 Å². The van der Waals surface area contributed by atoms with Crippen LogP contribution in [0.2, 0.25) is 0 Å². The number of benzene rings is 1. The summed E-state index contributed by atoms with van der Waals surface area (Å²) in [5, 5.41) is 0. The van der Waals surface area contributed by atoms with E-state index in [1.165, 1.54) is 12.1 Å². The monoisotopic (exact) mass is 461 g/mol. The number of carbonyl (C=O) groups is 3. The summed E-state index contributed by atoms with van der Waals surface area (Å²) in [6, 6.07) is 10.0. The summed E-state index contributed by atoms with van der Waals surface area (Å²) in [4.78, 5) is 44.0. The molecule has 0 spiro atoms. The first-order valence-electron chi connectivity index (χ1n) is 10.5. The van der Waals surface area contributed by atoms with Gasteiger partial charge in [-0.15, -0.1) is 0 Å². The van der Waals surface area contributed by atoms with Gasteiger partial charge in [0.2, 0.25) is 5.91 Å². The predicted molar refractivity (Wildman–Crippen MR) is 110 cm³/mol. The second-order valence-corrected chi connectivity index (χ2v) is 8.04. The number of aromatic nitrogens is 1. The molecule has 174 valence electrons. The topological polar surface area (TPSA) is 79.8 Å². The molecule has 1 aromatic carbocycles. The largest absolute Gasteiger partial charge is 0.416 e. The highest BCUT2D eigenvalue weighted by atomic mass is 19.4. The highest BCUT2D eigenvalue weighted by Gasteiger charge is 2.35. The number of hydrogen-bond acceptors (Lipinski definition) is 5. The van der Waals surface area contributed by atoms with E-state index in [0.29, 0.717) is 36.3 Å². The van der Waals surface area contributed by atoms with Crippen LogP contribution < -0.4 is 0 Å². The third kappa shape index (κ3) is 5.22. The lowest BCUT2D eigenvalue weighted by Gasteiger charge is -2.29. The van der Waals surface area contributed by atoms with E-state index >= 15 is 0 Å². The molecule has 0 bridgehead atoms. The zero-order chi connectivity index (χ0) is 23.6. The molecule has 33 heavy (non-hydrogen) atoms. The fourth-order valence-corrected chi connectivity index (χ4v) is 4.10. The van der Waals surface area contributed by atoms with Crippen molar-refractivity contribution in [2.75, 3.05) is 26.3 Å². The second-order valence-electron chi connectivity index (χ2n) is 8.04. The third-order valence-corrected chi connectivity index (χ3v) is 5.76. The molecular weight excluding hydrogens is 439 g/mol. The van der Waals surface area contributed by atoms with Crippen molar-refractivity contribution in [3.63, 3.8) is 0 Å². The number of morpholine rings is 1. The van der Waals surface area contributed by atoms with Crippen LogP contribution >= 0.6 is 0 Å². The smallest absolute Gasteiger partial charge is 0.362 e.